The van der Waals surface area contributed by atoms with Crippen LogP contribution in [0.2, 0.25) is 0 Å². The second-order valence-corrected chi connectivity index (χ2v) is 27.0. The Hall–Kier alpha value is 2.24. The van der Waals surface area contributed by atoms with Crippen molar-refractivity contribution in [1.29, 1.82) is 0 Å². The van der Waals surface area contributed by atoms with Gasteiger partial charge >= 0.3 is 0 Å². The molecule has 0 bridgehead atoms. The topological polar surface area (TPSA) is 0 Å². The van der Waals surface area contributed by atoms with Crippen molar-refractivity contribution in [1.82, 2.24) is 0 Å². The van der Waals surface area contributed by atoms with E-state index in [1.807, 2.05) is 0 Å². The minimum atomic E-state index is -0.310. The first-order valence-electron chi connectivity index (χ1n) is 0.953. The minimum absolute atomic E-state index is 0.310. The molecule has 1 atom stereocenters. The average molecular weight is 334 g/mol. The van der Waals surface area contributed by atoms with Crippen LogP contribution in [-0.4, -0.2) is 6.26 Å². The van der Waals surface area contributed by atoms with Crippen molar-refractivity contribution < 1.29 is 0 Å². The molecule has 0 amide bonds. The van der Waals surface area contributed by atoms with E-state index in [-0.39, 0.29) is 3.99 Å². The van der Waals surface area contributed by atoms with Crippen LogP contribution in [0.3, 0.4) is 0 Å². The van der Waals surface area contributed by atoms with Gasteiger partial charge in [0.2, 0.25) is 0 Å². The van der Waals surface area contributed by atoms with E-state index in [0.717, 1.165) is 0 Å². The Kier molecular flexibility index (Phi) is 3.65. The van der Waals surface area contributed by atoms with Crippen molar-refractivity contribution in [3.05, 3.63) is 0 Å². The maximum atomic E-state index is 2.77. The van der Waals surface area contributed by atoms with Gasteiger partial charge in [-0.3, -0.25) is 0 Å². The SMILES string of the molecule is CS(P)(I)I. The average Bonchev–Trinajstić information content (AvgIpc) is 0.722. The molecule has 0 spiro atoms. The predicted molar refractivity (Wildman–Crippen MR) is 51.3 cm³/mol. The molecule has 0 aliphatic carbocycles. The fraction of sp³-hybridized carbons (Fsp3) is 1.00. The van der Waals surface area contributed by atoms with Gasteiger partial charge in [-0.1, -0.05) is 8.44 Å². The number of halogens is 2. The van der Waals surface area contributed by atoms with Crippen molar-refractivity contribution in [2.24, 2.45) is 0 Å². The van der Waals surface area contributed by atoms with Crippen LogP contribution in [0.4, 0.5) is 0 Å². The Labute approximate surface area is 60.3 Å². The molecule has 5 heavy (non-hydrogen) atoms. The summed E-state index contributed by atoms with van der Waals surface area (Å²) in [5.41, 5.74) is 0. The van der Waals surface area contributed by atoms with E-state index in [4.69, 9.17) is 0 Å². The number of rotatable bonds is 0. The Morgan fingerprint density at radius 3 is 1.60 bits per heavy atom. The molecule has 1 unspecified atom stereocenters. The van der Waals surface area contributed by atoms with Gasteiger partial charge in [-0.2, -0.15) is 0 Å². The first-order chi connectivity index (χ1) is 2.00. The Morgan fingerprint density at radius 1 is 1.60 bits per heavy atom. The molecule has 0 aliphatic rings. The Morgan fingerprint density at radius 2 is 1.60 bits per heavy atom. The van der Waals surface area contributed by atoms with Crippen molar-refractivity contribution in [3.63, 3.8) is 0 Å². The molecule has 0 N–H and O–H groups in total. The molecular formula is CH5I2PS. The van der Waals surface area contributed by atoms with E-state index in [0.29, 0.717) is 0 Å². The van der Waals surface area contributed by atoms with Crippen LogP contribution in [0.1, 0.15) is 0 Å². The third-order valence-corrected chi connectivity index (χ3v) is 0. The van der Waals surface area contributed by atoms with Gasteiger partial charge in [0.25, 0.3) is 0 Å². The third kappa shape index (κ3) is 22.4. The van der Waals surface area contributed by atoms with Gasteiger partial charge in [0.15, 0.2) is 0 Å². The molecule has 0 saturated carbocycles. The summed E-state index contributed by atoms with van der Waals surface area (Å²) in [7, 11) is 2.77. The molecule has 0 aromatic heterocycles. The molecule has 0 fully saturated rings. The van der Waals surface area contributed by atoms with Gasteiger partial charge in [-0.05, 0) is 48.7 Å². The van der Waals surface area contributed by atoms with E-state index in [1.54, 1.807) is 0 Å². The number of hydrogen-bond acceptors (Lipinski definition) is 0. The maximum absolute atomic E-state index is 2.77. The quantitative estimate of drug-likeness (QED) is 0.472. The van der Waals surface area contributed by atoms with E-state index >= 15 is 0 Å². The highest BCUT2D eigenvalue weighted by atomic mass is 127. The molecule has 0 aromatic rings. The second-order valence-electron chi connectivity index (χ2n) is 0.781. The molecule has 0 radical (unpaired) electrons. The summed E-state index contributed by atoms with van der Waals surface area (Å²) in [4.78, 5) is 0. The Balaban J connectivity index is 3.02. The zero-order chi connectivity index (χ0) is 4.50. The summed E-state index contributed by atoms with van der Waals surface area (Å²) in [6, 6.07) is 0. The van der Waals surface area contributed by atoms with E-state index in [2.05, 4.69) is 57.1 Å². The van der Waals surface area contributed by atoms with Crippen molar-refractivity contribution in [2.75, 3.05) is 6.26 Å². The van der Waals surface area contributed by atoms with E-state index < -0.39 is 0 Å². The van der Waals surface area contributed by atoms with Gasteiger partial charge in [0.05, 0.1) is 0 Å². The molecule has 0 aliphatic heterocycles. The largest absolute Gasteiger partial charge is 0.121 e. The summed E-state index contributed by atoms with van der Waals surface area (Å²) in [6.07, 6.45) is 2.21. The zero-order valence-electron chi connectivity index (χ0n) is 2.74. The normalized spacial score (nSPS) is 15.2. The lowest BCUT2D eigenvalue weighted by molar-refractivity contribution is 2.54. The lowest BCUT2D eigenvalue weighted by atomic mass is 12.0. The molecule has 0 saturated heterocycles. The van der Waals surface area contributed by atoms with Crippen molar-refractivity contribution in [2.45, 2.75) is 0 Å². The summed E-state index contributed by atoms with van der Waals surface area (Å²) in [5, 5.41) is 0. The maximum Gasteiger partial charge on any atom is -0.0117 e. The van der Waals surface area contributed by atoms with Gasteiger partial charge < -0.3 is 0 Å². The van der Waals surface area contributed by atoms with Crippen LogP contribution >= 0.6 is 54.8 Å². The van der Waals surface area contributed by atoms with Gasteiger partial charge in [0.1, 0.15) is 0 Å². The van der Waals surface area contributed by atoms with E-state index in [9.17, 15) is 0 Å². The molecule has 0 rings (SSSR count). The molecule has 0 heterocycles. The molecule has 0 aromatic carbocycles. The van der Waals surface area contributed by atoms with Crippen LogP contribution in [0.5, 0.6) is 0 Å². The van der Waals surface area contributed by atoms with Crippen LogP contribution in [0.25, 0.3) is 0 Å². The standard InChI is InChI=1S/CH5I2PS/c1-5(2,3)4/h4H2,1H3. The second kappa shape index (κ2) is 2.52. The minimum Gasteiger partial charge on any atom is -0.121 e. The third-order valence-electron chi connectivity index (χ3n) is 0. The van der Waals surface area contributed by atoms with Crippen LogP contribution in [0, 0.1) is 0 Å². The highest BCUT2D eigenvalue weighted by Crippen LogP contribution is 2.67. The molecule has 0 nitrogen and oxygen atoms in total. The lowest BCUT2D eigenvalue weighted by Gasteiger charge is -2.07. The fourth-order valence-electron chi connectivity index (χ4n) is 0. The van der Waals surface area contributed by atoms with Gasteiger partial charge in [0, 0.05) is 0 Å². The smallest absolute Gasteiger partial charge is 0.0117 e. The summed E-state index contributed by atoms with van der Waals surface area (Å²) in [5.74, 6) is 0. The highest BCUT2D eigenvalue weighted by Gasteiger charge is 1.93. The zero-order valence-corrected chi connectivity index (χ0v) is 9.03. The number of hydrogen-bond donors (Lipinski definition) is 0. The monoisotopic (exact) mass is 334 g/mol. The predicted octanol–water partition coefficient (Wildman–Crippen LogP) is 2.91. The summed E-state index contributed by atoms with van der Waals surface area (Å²) in [6.45, 7) is 0. The molecular weight excluding hydrogens is 329 g/mol. The van der Waals surface area contributed by atoms with E-state index in [1.165, 1.54) is 0 Å². The van der Waals surface area contributed by atoms with Crippen LogP contribution < -0.4 is 0 Å². The first kappa shape index (κ1) is 7.24. The van der Waals surface area contributed by atoms with Crippen molar-refractivity contribution in [3.8, 4) is 0 Å². The fourth-order valence-corrected chi connectivity index (χ4v) is 0. The van der Waals surface area contributed by atoms with Crippen LogP contribution in [0.15, 0.2) is 0 Å². The Bertz CT molecular complexity index is 25.1. The summed E-state index contributed by atoms with van der Waals surface area (Å²) >= 11 is 4.82. The summed E-state index contributed by atoms with van der Waals surface area (Å²) < 4.78 is -0.310. The van der Waals surface area contributed by atoms with Crippen LogP contribution in [-0.2, 0) is 0 Å². The lowest BCUT2D eigenvalue weighted by Crippen LogP contribution is -1.45. The molecule has 34 valence electrons. The van der Waals surface area contributed by atoms with Gasteiger partial charge in [-0.25, -0.2) is 0 Å². The van der Waals surface area contributed by atoms with Crippen molar-refractivity contribution >= 4 is 54.8 Å². The molecule has 4 heteroatoms. The van der Waals surface area contributed by atoms with Gasteiger partial charge in [-0.15, -0.1) is 3.99 Å². The highest BCUT2D eigenvalue weighted by molar-refractivity contribution is 14.3. The first-order valence-corrected chi connectivity index (χ1v) is 9.56.